The number of benzene rings is 7. The maximum Gasteiger partial charge on any atom is 0.0735 e. The first-order valence-electron chi connectivity index (χ1n) is 15.8. The molecule has 0 saturated carbocycles. The summed E-state index contributed by atoms with van der Waals surface area (Å²) in [6.45, 7) is 0. The SMILES string of the molecule is c1ccc(-n2c3ccccc3c3c(Nc4ccc5c(c4)-c4ccccc4C54c5ccccc5Sc5ccccc54)cccc32)cc1. The van der Waals surface area contributed by atoms with Crippen molar-refractivity contribution in [3.8, 4) is 16.8 Å². The summed E-state index contributed by atoms with van der Waals surface area (Å²) in [4.78, 5) is 2.65. The molecule has 7 aromatic carbocycles. The van der Waals surface area contributed by atoms with E-state index in [-0.39, 0.29) is 5.41 Å². The van der Waals surface area contributed by atoms with Gasteiger partial charge in [-0.2, -0.15) is 0 Å². The fraction of sp³-hybridized carbons (Fsp3) is 0.0233. The van der Waals surface area contributed by atoms with Crippen molar-refractivity contribution < 1.29 is 0 Å². The zero-order chi connectivity index (χ0) is 30.2. The molecule has 2 aliphatic rings. The lowest BCUT2D eigenvalue weighted by atomic mass is 9.67. The van der Waals surface area contributed by atoms with Crippen LogP contribution in [0, 0.1) is 0 Å². The van der Waals surface area contributed by atoms with Gasteiger partial charge in [-0.1, -0.05) is 121 Å². The number of para-hydroxylation sites is 2. The summed E-state index contributed by atoms with van der Waals surface area (Å²) in [5, 5.41) is 6.34. The third-order valence-corrected chi connectivity index (χ3v) is 11.0. The molecule has 0 saturated heterocycles. The van der Waals surface area contributed by atoms with E-state index in [0.29, 0.717) is 0 Å². The second kappa shape index (κ2) is 9.74. The molecule has 2 heterocycles. The van der Waals surface area contributed by atoms with Crippen LogP contribution in [0.1, 0.15) is 22.3 Å². The average Bonchev–Trinajstić information content (AvgIpc) is 3.60. The summed E-state index contributed by atoms with van der Waals surface area (Å²) in [6, 6.07) is 59.9. The fourth-order valence-corrected chi connectivity index (χ4v) is 9.26. The molecule has 0 amide bonds. The lowest BCUT2D eigenvalue weighted by Gasteiger charge is -2.39. The Morgan fingerprint density at radius 3 is 1.91 bits per heavy atom. The van der Waals surface area contributed by atoms with Crippen LogP contribution in [-0.4, -0.2) is 4.57 Å². The molecule has 0 atom stereocenters. The molecule has 0 unspecified atom stereocenters. The predicted octanol–water partition coefficient (Wildman–Crippen LogP) is 11.4. The van der Waals surface area contributed by atoms with Gasteiger partial charge in [-0.05, 0) is 88.0 Å². The van der Waals surface area contributed by atoms with Crippen LogP contribution in [0.5, 0.6) is 0 Å². The van der Waals surface area contributed by atoms with Crippen LogP contribution >= 0.6 is 11.8 Å². The molecule has 46 heavy (non-hydrogen) atoms. The van der Waals surface area contributed by atoms with E-state index >= 15 is 0 Å². The standard InChI is InChI=1S/C43H28N2S/c1-2-13-29(14-3-1)45-38-21-9-5-16-31(38)42-37(20-12-22-39(42)45)44-28-25-26-34-32(27-28)30-15-4-6-17-33(30)43(34)35-18-7-10-23-40(35)46-41-24-11-8-19-36(41)43/h1-27,44H. The van der Waals surface area contributed by atoms with Gasteiger partial charge >= 0.3 is 0 Å². The molecular formula is C43H28N2S. The normalized spacial score (nSPS) is 13.7. The van der Waals surface area contributed by atoms with Crippen molar-refractivity contribution in [1.82, 2.24) is 4.57 Å². The Labute approximate surface area is 272 Å². The molecule has 0 bridgehead atoms. The van der Waals surface area contributed by atoms with E-state index in [0.717, 1.165) is 17.1 Å². The van der Waals surface area contributed by atoms with Crippen molar-refractivity contribution in [3.63, 3.8) is 0 Å². The molecule has 216 valence electrons. The Morgan fingerprint density at radius 2 is 1.11 bits per heavy atom. The smallest absolute Gasteiger partial charge is 0.0735 e. The highest BCUT2D eigenvalue weighted by molar-refractivity contribution is 7.99. The number of aromatic nitrogens is 1. The maximum atomic E-state index is 3.88. The van der Waals surface area contributed by atoms with Gasteiger partial charge < -0.3 is 9.88 Å². The van der Waals surface area contributed by atoms with E-state index in [9.17, 15) is 0 Å². The van der Waals surface area contributed by atoms with Gasteiger partial charge in [0.25, 0.3) is 0 Å². The van der Waals surface area contributed by atoms with Crippen molar-refractivity contribution in [2.24, 2.45) is 0 Å². The Bertz CT molecular complexity index is 2440. The molecule has 1 spiro atoms. The van der Waals surface area contributed by atoms with Crippen molar-refractivity contribution in [2.45, 2.75) is 15.2 Å². The summed E-state index contributed by atoms with van der Waals surface area (Å²) in [7, 11) is 0. The molecule has 1 aromatic heterocycles. The second-order valence-corrected chi connectivity index (χ2v) is 13.2. The molecule has 8 aromatic rings. The number of nitrogens with one attached hydrogen (secondary N) is 1. The van der Waals surface area contributed by atoms with E-state index in [2.05, 4.69) is 174 Å². The molecule has 2 nitrogen and oxygen atoms in total. The highest BCUT2D eigenvalue weighted by Crippen LogP contribution is 2.62. The van der Waals surface area contributed by atoms with Gasteiger partial charge in [0, 0.05) is 37.6 Å². The lowest BCUT2D eigenvalue weighted by Crippen LogP contribution is -2.31. The Morgan fingerprint density at radius 1 is 0.478 bits per heavy atom. The van der Waals surface area contributed by atoms with Crippen LogP contribution in [0.4, 0.5) is 11.4 Å². The Hall–Kier alpha value is -5.51. The molecule has 0 radical (unpaired) electrons. The zero-order valence-electron chi connectivity index (χ0n) is 24.9. The Kier molecular flexibility index (Phi) is 5.46. The molecule has 0 fully saturated rings. The van der Waals surface area contributed by atoms with E-state index in [1.54, 1.807) is 0 Å². The number of anilines is 2. The van der Waals surface area contributed by atoms with E-state index in [1.807, 2.05) is 11.8 Å². The summed E-state index contributed by atoms with van der Waals surface area (Å²) in [5.41, 5.74) is 13.4. The van der Waals surface area contributed by atoms with Crippen molar-refractivity contribution in [3.05, 3.63) is 186 Å². The van der Waals surface area contributed by atoms with Gasteiger partial charge in [0.2, 0.25) is 0 Å². The topological polar surface area (TPSA) is 17.0 Å². The van der Waals surface area contributed by atoms with Crippen LogP contribution < -0.4 is 5.32 Å². The molecule has 1 aliphatic heterocycles. The molecule has 1 N–H and O–H groups in total. The quantitative estimate of drug-likeness (QED) is 0.216. The highest BCUT2D eigenvalue weighted by Gasteiger charge is 2.50. The first-order valence-corrected chi connectivity index (χ1v) is 16.6. The van der Waals surface area contributed by atoms with Crippen molar-refractivity contribution >= 4 is 44.9 Å². The summed E-state index contributed by atoms with van der Waals surface area (Å²) in [6.07, 6.45) is 0. The molecular weight excluding hydrogens is 577 g/mol. The van der Waals surface area contributed by atoms with Gasteiger partial charge in [0.15, 0.2) is 0 Å². The minimum atomic E-state index is -0.355. The highest BCUT2D eigenvalue weighted by atomic mass is 32.2. The Balaban J connectivity index is 1.18. The minimum Gasteiger partial charge on any atom is -0.355 e. The fourth-order valence-electron chi connectivity index (χ4n) is 8.07. The monoisotopic (exact) mass is 604 g/mol. The number of hydrogen-bond donors (Lipinski definition) is 1. The van der Waals surface area contributed by atoms with Gasteiger partial charge in [-0.25, -0.2) is 0 Å². The summed E-state index contributed by atoms with van der Waals surface area (Å²) in [5.74, 6) is 0. The van der Waals surface area contributed by atoms with Gasteiger partial charge in [-0.3, -0.25) is 0 Å². The van der Waals surface area contributed by atoms with Gasteiger partial charge in [-0.15, -0.1) is 0 Å². The van der Waals surface area contributed by atoms with Crippen molar-refractivity contribution in [1.29, 1.82) is 0 Å². The zero-order valence-corrected chi connectivity index (χ0v) is 25.8. The van der Waals surface area contributed by atoms with Crippen LogP contribution in [-0.2, 0) is 5.41 Å². The van der Waals surface area contributed by atoms with Gasteiger partial charge in [0.05, 0.1) is 16.4 Å². The van der Waals surface area contributed by atoms with Crippen molar-refractivity contribution in [2.75, 3.05) is 5.32 Å². The summed E-state index contributed by atoms with van der Waals surface area (Å²) >= 11 is 1.89. The maximum absolute atomic E-state index is 3.88. The third kappa shape index (κ3) is 3.44. The number of hydrogen-bond acceptors (Lipinski definition) is 2. The van der Waals surface area contributed by atoms with Crippen LogP contribution in [0.15, 0.2) is 174 Å². The number of nitrogens with zero attached hydrogens (tertiary/aromatic N) is 1. The van der Waals surface area contributed by atoms with Crippen LogP contribution in [0.3, 0.4) is 0 Å². The number of fused-ring (bicyclic) bond motifs is 12. The third-order valence-electron chi connectivity index (χ3n) is 9.84. The largest absolute Gasteiger partial charge is 0.355 e. The van der Waals surface area contributed by atoms with Gasteiger partial charge in [0.1, 0.15) is 0 Å². The first-order chi connectivity index (χ1) is 22.8. The van der Waals surface area contributed by atoms with Crippen LogP contribution in [0.25, 0.3) is 38.6 Å². The lowest BCUT2D eigenvalue weighted by molar-refractivity contribution is 0.722. The predicted molar refractivity (Wildman–Crippen MR) is 192 cm³/mol. The van der Waals surface area contributed by atoms with E-state index in [4.69, 9.17) is 0 Å². The second-order valence-electron chi connectivity index (χ2n) is 12.2. The van der Waals surface area contributed by atoms with Crippen LogP contribution in [0.2, 0.25) is 0 Å². The average molecular weight is 605 g/mol. The summed E-state index contributed by atoms with van der Waals surface area (Å²) < 4.78 is 2.37. The van der Waals surface area contributed by atoms with E-state index in [1.165, 1.54) is 65.0 Å². The molecule has 10 rings (SSSR count). The number of rotatable bonds is 3. The van der Waals surface area contributed by atoms with E-state index < -0.39 is 0 Å². The first kappa shape index (κ1) is 25.8. The molecule has 1 aliphatic carbocycles. The molecule has 3 heteroatoms. The minimum absolute atomic E-state index is 0.355.